The Kier molecular flexibility index (Phi) is 6.87. The normalized spacial score (nSPS) is 17.4. The number of benzene rings is 1. The Bertz CT molecular complexity index is 794. The van der Waals surface area contributed by atoms with Crippen LogP contribution in [0.2, 0.25) is 0 Å². The molecule has 0 saturated carbocycles. The van der Waals surface area contributed by atoms with Gasteiger partial charge >= 0.3 is 0 Å². The van der Waals surface area contributed by atoms with Crippen molar-refractivity contribution in [3.05, 3.63) is 48.3 Å². The number of carbonyl (C=O) groups is 1. The van der Waals surface area contributed by atoms with E-state index in [0.717, 1.165) is 19.5 Å². The van der Waals surface area contributed by atoms with E-state index in [-0.39, 0.29) is 5.91 Å². The van der Waals surface area contributed by atoms with Gasteiger partial charge in [-0.3, -0.25) is 9.78 Å². The van der Waals surface area contributed by atoms with Gasteiger partial charge in [-0.05, 0) is 57.4 Å². The largest absolute Gasteiger partial charge is 0.497 e. The lowest BCUT2D eigenvalue weighted by Crippen LogP contribution is -2.43. The van der Waals surface area contributed by atoms with Crippen LogP contribution in [-0.4, -0.2) is 48.6 Å². The minimum atomic E-state index is -0.169. The number of amides is 1. The van der Waals surface area contributed by atoms with Gasteiger partial charge < -0.3 is 19.7 Å². The van der Waals surface area contributed by atoms with Crippen LogP contribution >= 0.6 is 0 Å². The molecule has 0 spiro atoms. The maximum atomic E-state index is 12.5. The Morgan fingerprint density at radius 3 is 2.82 bits per heavy atom. The third-order valence-corrected chi connectivity index (χ3v) is 5.07. The molecular weight excluding hydrogens is 354 g/mol. The number of carbonyl (C=O) groups excluding carboxylic acids is 1. The van der Waals surface area contributed by atoms with Crippen LogP contribution < -0.4 is 14.8 Å². The average molecular weight is 383 g/mol. The van der Waals surface area contributed by atoms with E-state index in [1.54, 1.807) is 31.5 Å². The molecule has 2 heterocycles. The number of aromatic nitrogens is 1. The molecule has 0 radical (unpaired) electrons. The second-order valence-electron chi connectivity index (χ2n) is 7.46. The Morgan fingerprint density at radius 2 is 2.04 bits per heavy atom. The molecule has 1 atom stereocenters. The number of hydrogen-bond acceptors (Lipinski definition) is 5. The van der Waals surface area contributed by atoms with Crippen LogP contribution in [0.4, 0.5) is 0 Å². The number of nitrogens with one attached hydrogen (secondary N) is 1. The van der Waals surface area contributed by atoms with Crippen molar-refractivity contribution in [2.45, 2.75) is 32.7 Å². The SMILES string of the molecule is COc1cccc(Oc2ccnc(C(=O)NC[C@H]3CCCN(C(C)C)C3)c2)c1. The van der Waals surface area contributed by atoms with Crippen molar-refractivity contribution >= 4 is 5.91 Å². The van der Waals surface area contributed by atoms with Crippen molar-refractivity contribution in [3.8, 4) is 17.2 Å². The molecule has 6 nitrogen and oxygen atoms in total. The van der Waals surface area contributed by atoms with Gasteiger partial charge in [0.25, 0.3) is 5.91 Å². The van der Waals surface area contributed by atoms with Crippen LogP contribution in [0.1, 0.15) is 37.2 Å². The first kappa shape index (κ1) is 20.1. The molecular formula is C22H29N3O3. The molecule has 6 heteroatoms. The highest BCUT2D eigenvalue weighted by Gasteiger charge is 2.22. The number of nitrogens with zero attached hydrogens (tertiary/aromatic N) is 2. The molecule has 1 N–H and O–H groups in total. The number of ether oxygens (including phenoxy) is 2. The average Bonchev–Trinajstić information content (AvgIpc) is 2.72. The van der Waals surface area contributed by atoms with E-state index in [4.69, 9.17) is 9.47 Å². The zero-order valence-corrected chi connectivity index (χ0v) is 16.9. The molecule has 0 bridgehead atoms. The van der Waals surface area contributed by atoms with Crippen molar-refractivity contribution in [2.75, 3.05) is 26.7 Å². The molecule has 1 aromatic heterocycles. The summed E-state index contributed by atoms with van der Waals surface area (Å²) in [5.74, 6) is 2.24. The van der Waals surface area contributed by atoms with Crippen LogP contribution in [0.5, 0.6) is 17.2 Å². The second-order valence-corrected chi connectivity index (χ2v) is 7.46. The second kappa shape index (κ2) is 9.55. The Balaban J connectivity index is 1.57. The molecule has 1 aliphatic rings. The minimum Gasteiger partial charge on any atom is -0.497 e. The first-order chi connectivity index (χ1) is 13.5. The first-order valence-corrected chi connectivity index (χ1v) is 9.85. The fraction of sp³-hybridized carbons (Fsp3) is 0.455. The molecule has 28 heavy (non-hydrogen) atoms. The quantitative estimate of drug-likeness (QED) is 0.789. The third kappa shape index (κ3) is 5.45. The van der Waals surface area contributed by atoms with Gasteiger partial charge in [0, 0.05) is 37.5 Å². The fourth-order valence-corrected chi connectivity index (χ4v) is 3.46. The summed E-state index contributed by atoms with van der Waals surface area (Å²) in [5.41, 5.74) is 0.358. The van der Waals surface area contributed by atoms with Gasteiger partial charge in [0.2, 0.25) is 0 Å². The van der Waals surface area contributed by atoms with Crippen molar-refractivity contribution < 1.29 is 14.3 Å². The molecule has 0 aliphatic carbocycles. The van der Waals surface area contributed by atoms with E-state index in [1.165, 1.54) is 6.42 Å². The first-order valence-electron chi connectivity index (χ1n) is 9.85. The number of rotatable bonds is 7. The van der Waals surface area contributed by atoms with Gasteiger partial charge in [0.1, 0.15) is 22.9 Å². The monoisotopic (exact) mass is 383 g/mol. The molecule has 1 amide bonds. The number of piperidine rings is 1. The van der Waals surface area contributed by atoms with E-state index in [2.05, 4.69) is 29.0 Å². The molecule has 1 aromatic carbocycles. The summed E-state index contributed by atoms with van der Waals surface area (Å²) in [4.78, 5) is 19.2. The Labute approximate surface area is 166 Å². The van der Waals surface area contributed by atoms with Gasteiger partial charge in [-0.1, -0.05) is 6.07 Å². The van der Waals surface area contributed by atoms with Crippen LogP contribution in [0.25, 0.3) is 0 Å². The Morgan fingerprint density at radius 1 is 1.25 bits per heavy atom. The van der Waals surface area contributed by atoms with Crippen LogP contribution in [0, 0.1) is 5.92 Å². The summed E-state index contributed by atoms with van der Waals surface area (Å²) in [7, 11) is 1.61. The summed E-state index contributed by atoms with van der Waals surface area (Å²) >= 11 is 0. The molecule has 1 saturated heterocycles. The van der Waals surface area contributed by atoms with E-state index in [0.29, 0.717) is 41.4 Å². The highest BCUT2D eigenvalue weighted by molar-refractivity contribution is 5.92. The molecule has 1 fully saturated rings. The number of pyridine rings is 1. The molecule has 150 valence electrons. The van der Waals surface area contributed by atoms with Crippen LogP contribution in [-0.2, 0) is 0 Å². The van der Waals surface area contributed by atoms with Crippen molar-refractivity contribution in [3.63, 3.8) is 0 Å². The van der Waals surface area contributed by atoms with Gasteiger partial charge in [-0.15, -0.1) is 0 Å². The van der Waals surface area contributed by atoms with E-state index < -0.39 is 0 Å². The third-order valence-electron chi connectivity index (χ3n) is 5.07. The van der Waals surface area contributed by atoms with Crippen molar-refractivity contribution in [2.24, 2.45) is 5.92 Å². The lowest BCUT2D eigenvalue weighted by Gasteiger charge is -2.35. The molecule has 1 aliphatic heterocycles. The zero-order chi connectivity index (χ0) is 19.9. The van der Waals surface area contributed by atoms with Gasteiger partial charge in [0.15, 0.2) is 0 Å². The Hall–Kier alpha value is -2.60. The predicted molar refractivity (Wildman–Crippen MR) is 109 cm³/mol. The van der Waals surface area contributed by atoms with Gasteiger partial charge in [-0.25, -0.2) is 0 Å². The number of methoxy groups -OCH3 is 1. The topological polar surface area (TPSA) is 63.7 Å². The standard InChI is InChI=1S/C22H29N3O3/c1-16(2)25-11-5-6-17(15-25)14-24-22(26)21-13-20(9-10-23-21)28-19-8-4-7-18(12-19)27-3/h4,7-10,12-13,16-17H,5-6,11,14-15H2,1-3H3,(H,24,26)/t17-/m1/s1. The van der Waals surface area contributed by atoms with Crippen molar-refractivity contribution in [1.29, 1.82) is 0 Å². The predicted octanol–water partition coefficient (Wildman–Crippen LogP) is 3.73. The number of hydrogen-bond donors (Lipinski definition) is 1. The molecule has 2 aromatic rings. The fourth-order valence-electron chi connectivity index (χ4n) is 3.46. The summed E-state index contributed by atoms with van der Waals surface area (Å²) in [6, 6.07) is 11.3. The molecule has 3 rings (SSSR count). The van der Waals surface area contributed by atoms with E-state index in [9.17, 15) is 4.79 Å². The highest BCUT2D eigenvalue weighted by atomic mass is 16.5. The number of likely N-dealkylation sites (tertiary alicyclic amines) is 1. The van der Waals surface area contributed by atoms with Crippen LogP contribution in [0.3, 0.4) is 0 Å². The van der Waals surface area contributed by atoms with Crippen LogP contribution in [0.15, 0.2) is 42.6 Å². The zero-order valence-electron chi connectivity index (χ0n) is 16.9. The van der Waals surface area contributed by atoms with E-state index >= 15 is 0 Å². The van der Waals surface area contributed by atoms with Gasteiger partial charge in [-0.2, -0.15) is 0 Å². The lowest BCUT2D eigenvalue weighted by atomic mass is 9.97. The maximum Gasteiger partial charge on any atom is 0.270 e. The summed E-state index contributed by atoms with van der Waals surface area (Å²) < 4.78 is 11.0. The lowest BCUT2D eigenvalue weighted by molar-refractivity contribution is 0.0917. The highest BCUT2D eigenvalue weighted by Crippen LogP contribution is 2.25. The molecule has 0 unspecified atom stereocenters. The maximum absolute atomic E-state index is 12.5. The summed E-state index contributed by atoms with van der Waals surface area (Å²) in [5, 5.41) is 3.03. The van der Waals surface area contributed by atoms with Crippen molar-refractivity contribution in [1.82, 2.24) is 15.2 Å². The summed E-state index contributed by atoms with van der Waals surface area (Å²) in [6.45, 7) is 7.29. The van der Waals surface area contributed by atoms with Gasteiger partial charge in [0.05, 0.1) is 7.11 Å². The summed E-state index contributed by atoms with van der Waals surface area (Å²) in [6.07, 6.45) is 3.92. The minimum absolute atomic E-state index is 0.169. The van der Waals surface area contributed by atoms with E-state index in [1.807, 2.05) is 18.2 Å². The smallest absolute Gasteiger partial charge is 0.270 e.